The fourth-order valence-electron chi connectivity index (χ4n) is 1.52. The maximum Gasteiger partial charge on any atom is 0.137 e. The summed E-state index contributed by atoms with van der Waals surface area (Å²) >= 11 is 0. The van der Waals surface area contributed by atoms with Gasteiger partial charge in [-0.1, -0.05) is 26.0 Å². The second-order valence-electron chi connectivity index (χ2n) is 4.08. The van der Waals surface area contributed by atoms with E-state index in [1.807, 2.05) is 38.1 Å². The van der Waals surface area contributed by atoms with E-state index in [2.05, 4.69) is 0 Å². The van der Waals surface area contributed by atoms with E-state index in [-0.39, 0.29) is 11.7 Å². The van der Waals surface area contributed by atoms with Crippen molar-refractivity contribution in [3.8, 4) is 5.75 Å². The summed E-state index contributed by atoms with van der Waals surface area (Å²) in [5.41, 5.74) is 1.09. The van der Waals surface area contributed by atoms with Gasteiger partial charge in [0.05, 0.1) is 20.3 Å². The number of hydrogen-bond donors (Lipinski definition) is 0. The topological polar surface area (TPSA) is 35.5 Å². The molecule has 0 aliphatic heterocycles. The van der Waals surface area contributed by atoms with E-state index >= 15 is 0 Å². The third-order valence-corrected chi connectivity index (χ3v) is 2.69. The quantitative estimate of drug-likeness (QED) is 0.730. The molecule has 0 aromatic heterocycles. The molecule has 0 spiro atoms. The molecule has 0 radical (unpaired) electrons. The number of carbonyl (C=O) groups is 1. The number of carbonyl (C=O) groups excluding carboxylic acids is 1. The molecule has 94 valence electrons. The zero-order valence-corrected chi connectivity index (χ0v) is 10.7. The first-order chi connectivity index (χ1) is 8.17. The Bertz CT molecular complexity index is 343. The maximum absolute atomic E-state index is 11.3. The van der Waals surface area contributed by atoms with Crippen molar-refractivity contribution in [3.63, 3.8) is 0 Å². The number of benzene rings is 1. The van der Waals surface area contributed by atoms with Crippen molar-refractivity contribution in [3.05, 3.63) is 29.8 Å². The lowest BCUT2D eigenvalue weighted by Gasteiger charge is -2.10. The molecule has 0 aliphatic rings. The normalized spacial score (nSPS) is 12.2. The largest absolute Gasteiger partial charge is 0.497 e. The molecule has 0 amide bonds. The number of hydrogen-bond acceptors (Lipinski definition) is 3. The van der Waals surface area contributed by atoms with Gasteiger partial charge in [0.2, 0.25) is 0 Å². The van der Waals surface area contributed by atoms with Crippen molar-refractivity contribution in [1.29, 1.82) is 0 Å². The predicted octanol–water partition coefficient (Wildman–Crippen LogP) is 2.83. The van der Waals surface area contributed by atoms with E-state index < -0.39 is 0 Å². The van der Waals surface area contributed by atoms with Crippen LogP contribution in [0.3, 0.4) is 0 Å². The number of ketones is 1. The molecule has 3 nitrogen and oxygen atoms in total. The summed E-state index contributed by atoms with van der Waals surface area (Å²) in [6, 6.07) is 7.73. The van der Waals surface area contributed by atoms with Gasteiger partial charge in [0, 0.05) is 12.3 Å². The van der Waals surface area contributed by atoms with Gasteiger partial charge in [0.25, 0.3) is 0 Å². The predicted molar refractivity (Wildman–Crippen MR) is 67.1 cm³/mol. The number of Topliss-reactive ketones (excluding diaryl/α,β-unsaturated/α-hetero) is 1. The Morgan fingerprint density at radius 3 is 2.47 bits per heavy atom. The second-order valence-corrected chi connectivity index (χ2v) is 4.08. The Balaban J connectivity index is 2.33. The van der Waals surface area contributed by atoms with Crippen LogP contribution >= 0.6 is 0 Å². The summed E-state index contributed by atoms with van der Waals surface area (Å²) in [4.78, 5) is 11.3. The molecule has 0 aliphatic carbocycles. The van der Waals surface area contributed by atoms with Crippen LogP contribution in [0.2, 0.25) is 0 Å². The fraction of sp³-hybridized carbons (Fsp3) is 0.500. The van der Waals surface area contributed by atoms with Gasteiger partial charge < -0.3 is 9.47 Å². The molecular formula is C14H20O3. The fourth-order valence-corrected chi connectivity index (χ4v) is 1.52. The Morgan fingerprint density at radius 1 is 1.29 bits per heavy atom. The second kappa shape index (κ2) is 7.07. The average molecular weight is 236 g/mol. The number of rotatable bonds is 7. The summed E-state index contributed by atoms with van der Waals surface area (Å²) in [6.45, 7) is 4.80. The molecule has 1 aromatic rings. The van der Waals surface area contributed by atoms with E-state index in [9.17, 15) is 4.79 Å². The van der Waals surface area contributed by atoms with Crippen LogP contribution in [0.15, 0.2) is 24.3 Å². The van der Waals surface area contributed by atoms with Gasteiger partial charge in [-0.2, -0.15) is 0 Å². The maximum atomic E-state index is 11.3. The minimum atomic E-state index is -0.0155. The van der Waals surface area contributed by atoms with Gasteiger partial charge in [-0.25, -0.2) is 0 Å². The highest BCUT2D eigenvalue weighted by molar-refractivity contribution is 5.80. The molecule has 17 heavy (non-hydrogen) atoms. The summed E-state index contributed by atoms with van der Waals surface area (Å²) < 4.78 is 10.6. The molecule has 0 saturated carbocycles. The zero-order valence-electron chi connectivity index (χ0n) is 10.7. The van der Waals surface area contributed by atoms with Gasteiger partial charge >= 0.3 is 0 Å². The minimum Gasteiger partial charge on any atom is -0.497 e. The smallest absolute Gasteiger partial charge is 0.137 e. The van der Waals surface area contributed by atoms with Crippen molar-refractivity contribution >= 4 is 5.78 Å². The average Bonchev–Trinajstić information content (AvgIpc) is 2.38. The lowest BCUT2D eigenvalue weighted by molar-refractivity contribution is -0.124. The molecular weight excluding hydrogens is 216 g/mol. The highest BCUT2D eigenvalue weighted by atomic mass is 16.5. The lowest BCUT2D eigenvalue weighted by Crippen LogP contribution is -2.15. The first-order valence-corrected chi connectivity index (χ1v) is 5.90. The van der Waals surface area contributed by atoms with Crippen molar-refractivity contribution in [2.75, 3.05) is 13.7 Å². The molecule has 3 heteroatoms. The van der Waals surface area contributed by atoms with Gasteiger partial charge in [-0.3, -0.25) is 4.79 Å². The molecule has 0 N–H and O–H groups in total. The van der Waals surface area contributed by atoms with Crippen LogP contribution in [0, 0.1) is 5.92 Å². The van der Waals surface area contributed by atoms with Crippen molar-refractivity contribution in [2.24, 2.45) is 5.92 Å². The third-order valence-electron chi connectivity index (χ3n) is 2.69. The molecule has 1 unspecified atom stereocenters. The Morgan fingerprint density at radius 2 is 1.94 bits per heavy atom. The number of methoxy groups -OCH3 is 1. The summed E-state index contributed by atoms with van der Waals surface area (Å²) in [7, 11) is 1.64. The first kappa shape index (κ1) is 13.7. The van der Waals surface area contributed by atoms with Crippen LogP contribution in [-0.4, -0.2) is 19.5 Å². The molecule has 0 heterocycles. The standard InChI is InChI=1S/C14H20O3/c1-4-14(15)11(2)9-17-10-12-5-7-13(16-3)8-6-12/h5-8,11H,4,9-10H2,1-3H3. The van der Waals surface area contributed by atoms with Gasteiger partial charge in [0.1, 0.15) is 11.5 Å². The summed E-state index contributed by atoms with van der Waals surface area (Å²) in [6.07, 6.45) is 0.576. The van der Waals surface area contributed by atoms with Crippen LogP contribution in [0.25, 0.3) is 0 Å². The van der Waals surface area contributed by atoms with Crippen LogP contribution in [0.5, 0.6) is 5.75 Å². The SMILES string of the molecule is CCC(=O)C(C)COCc1ccc(OC)cc1. The van der Waals surface area contributed by atoms with Crippen molar-refractivity contribution < 1.29 is 14.3 Å². The van der Waals surface area contributed by atoms with Crippen LogP contribution in [0.4, 0.5) is 0 Å². The summed E-state index contributed by atoms with van der Waals surface area (Å²) in [5, 5.41) is 0. The number of ether oxygens (including phenoxy) is 2. The van der Waals surface area contributed by atoms with Crippen LogP contribution < -0.4 is 4.74 Å². The van der Waals surface area contributed by atoms with Crippen LogP contribution in [-0.2, 0) is 16.1 Å². The van der Waals surface area contributed by atoms with Crippen molar-refractivity contribution in [1.82, 2.24) is 0 Å². The lowest BCUT2D eigenvalue weighted by atomic mass is 10.1. The highest BCUT2D eigenvalue weighted by Crippen LogP contribution is 2.12. The molecule has 0 bridgehead atoms. The molecule has 0 fully saturated rings. The Labute approximate surface area is 103 Å². The zero-order chi connectivity index (χ0) is 12.7. The van der Waals surface area contributed by atoms with E-state index in [1.54, 1.807) is 7.11 Å². The molecule has 1 aromatic carbocycles. The van der Waals surface area contributed by atoms with E-state index in [0.29, 0.717) is 19.6 Å². The first-order valence-electron chi connectivity index (χ1n) is 5.90. The van der Waals surface area contributed by atoms with Crippen LogP contribution in [0.1, 0.15) is 25.8 Å². The minimum absolute atomic E-state index is 0.0155. The Kier molecular flexibility index (Phi) is 5.70. The van der Waals surface area contributed by atoms with Gasteiger partial charge in [-0.05, 0) is 17.7 Å². The van der Waals surface area contributed by atoms with E-state index in [0.717, 1.165) is 11.3 Å². The van der Waals surface area contributed by atoms with Crippen molar-refractivity contribution in [2.45, 2.75) is 26.9 Å². The molecule has 1 rings (SSSR count). The highest BCUT2D eigenvalue weighted by Gasteiger charge is 2.10. The van der Waals surface area contributed by atoms with E-state index in [4.69, 9.17) is 9.47 Å². The third kappa shape index (κ3) is 4.57. The monoisotopic (exact) mass is 236 g/mol. The molecule has 0 saturated heterocycles. The summed E-state index contributed by atoms with van der Waals surface area (Å²) in [5.74, 6) is 1.07. The van der Waals surface area contributed by atoms with E-state index in [1.165, 1.54) is 0 Å². The Hall–Kier alpha value is -1.35. The van der Waals surface area contributed by atoms with Gasteiger partial charge in [-0.15, -0.1) is 0 Å². The molecule has 1 atom stereocenters. The van der Waals surface area contributed by atoms with Gasteiger partial charge in [0.15, 0.2) is 0 Å².